The summed E-state index contributed by atoms with van der Waals surface area (Å²) in [6.45, 7) is 6.82. The topological polar surface area (TPSA) is 78.1 Å². The maximum absolute atomic E-state index is 6.98. The molecule has 0 unspecified atom stereocenters. The summed E-state index contributed by atoms with van der Waals surface area (Å²) in [6.07, 6.45) is 15.5. The SMILES string of the molecule is C=C1/C=C(/c2ccccc2)C[C@H](C)CCc2cc(-c3nc4c(C5=CCCC=C5)cc(-c5ccccc5)cn4n3)cc(-c3nc(-c4ccccc4)nc(-c4ccc(-c5ccccc5)cc4)n3)c2O1. The Morgan fingerprint density at radius 3 is 1.78 bits per heavy atom. The summed E-state index contributed by atoms with van der Waals surface area (Å²) in [6, 6.07) is 56.4. The van der Waals surface area contributed by atoms with Crippen LogP contribution in [0.5, 0.6) is 5.75 Å². The predicted molar refractivity (Wildman–Crippen MR) is 272 cm³/mol. The maximum atomic E-state index is 6.98. The summed E-state index contributed by atoms with van der Waals surface area (Å²) in [5, 5.41) is 5.25. The van der Waals surface area contributed by atoms with E-state index in [-0.39, 0.29) is 0 Å². The van der Waals surface area contributed by atoms with Crippen molar-refractivity contribution in [2.24, 2.45) is 5.92 Å². The number of aryl methyl sites for hydroxylation is 1. The van der Waals surface area contributed by atoms with E-state index in [4.69, 9.17) is 29.8 Å². The molecule has 0 amide bonds. The van der Waals surface area contributed by atoms with Crippen molar-refractivity contribution in [3.63, 3.8) is 0 Å². The second-order valence-corrected chi connectivity index (χ2v) is 17.4. The van der Waals surface area contributed by atoms with E-state index in [0.29, 0.717) is 46.3 Å². The zero-order valence-electron chi connectivity index (χ0n) is 37.4. The summed E-state index contributed by atoms with van der Waals surface area (Å²) < 4.78 is 8.92. The Labute approximate surface area is 391 Å². The minimum atomic E-state index is 0.369. The van der Waals surface area contributed by atoms with Gasteiger partial charge in [-0.2, -0.15) is 0 Å². The number of allylic oxidation sites excluding steroid dienone is 6. The average molecular weight is 869 g/mol. The van der Waals surface area contributed by atoms with Gasteiger partial charge in [0.1, 0.15) is 11.5 Å². The van der Waals surface area contributed by atoms with Crippen LogP contribution in [0.15, 0.2) is 207 Å². The van der Waals surface area contributed by atoms with Crippen LogP contribution in [0.2, 0.25) is 0 Å². The molecule has 0 N–H and O–H groups in total. The van der Waals surface area contributed by atoms with Crippen LogP contribution in [-0.4, -0.2) is 29.5 Å². The quantitative estimate of drug-likeness (QED) is 0.151. The van der Waals surface area contributed by atoms with Crippen LogP contribution < -0.4 is 4.74 Å². The van der Waals surface area contributed by atoms with Gasteiger partial charge in [-0.15, -0.1) is 5.10 Å². The number of ether oxygens (including phenoxy) is 1. The Hall–Kier alpha value is -8.29. The van der Waals surface area contributed by atoms with E-state index >= 15 is 0 Å². The van der Waals surface area contributed by atoms with Gasteiger partial charge in [0.2, 0.25) is 0 Å². The van der Waals surface area contributed by atoms with E-state index in [0.717, 1.165) is 99.0 Å². The minimum Gasteiger partial charge on any atom is -0.457 e. The van der Waals surface area contributed by atoms with E-state index < -0.39 is 0 Å². The van der Waals surface area contributed by atoms with Crippen LogP contribution in [0.25, 0.3) is 84.6 Å². The molecule has 0 fully saturated rings. The smallest absolute Gasteiger partial charge is 0.182 e. The Balaban J connectivity index is 1.12. The molecule has 3 aromatic heterocycles. The van der Waals surface area contributed by atoms with Crippen LogP contribution in [0.4, 0.5) is 0 Å². The van der Waals surface area contributed by atoms with Gasteiger partial charge in [-0.05, 0) is 101 Å². The molecule has 0 saturated heterocycles. The predicted octanol–water partition coefficient (Wildman–Crippen LogP) is 14.6. The molecular formula is C60H48N6O. The molecule has 1 atom stereocenters. The zero-order chi connectivity index (χ0) is 45.1. The molecule has 4 heterocycles. The van der Waals surface area contributed by atoms with Crippen molar-refractivity contribution in [3.8, 4) is 73.6 Å². The van der Waals surface area contributed by atoms with E-state index in [1.807, 2.05) is 47.0 Å². The first kappa shape index (κ1) is 41.4. The van der Waals surface area contributed by atoms with Crippen LogP contribution in [0.3, 0.4) is 0 Å². The molecule has 0 spiro atoms. The molecule has 0 saturated carbocycles. The fourth-order valence-electron chi connectivity index (χ4n) is 9.14. The van der Waals surface area contributed by atoms with E-state index in [9.17, 15) is 0 Å². The molecule has 67 heavy (non-hydrogen) atoms. The van der Waals surface area contributed by atoms with Crippen molar-refractivity contribution in [2.45, 2.75) is 39.0 Å². The van der Waals surface area contributed by atoms with Crippen molar-refractivity contribution < 1.29 is 4.74 Å². The largest absolute Gasteiger partial charge is 0.457 e. The normalized spacial score (nSPS) is 15.8. The Morgan fingerprint density at radius 2 is 1.12 bits per heavy atom. The molecule has 7 nitrogen and oxygen atoms in total. The molecule has 6 aromatic carbocycles. The van der Waals surface area contributed by atoms with Crippen molar-refractivity contribution in [2.75, 3.05) is 0 Å². The van der Waals surface area contributed by atoms with Gasteiger partial charge in [-0.1, -0.05) is 177 Å². The molecule has 1 aliphatic carbocycles. The third-order valence-electron chi connectivity index (χ3n) is 12.6. The second kappa shape index (κ2) is 18.3. The standard InChI is InChI=1S/C60H48N6O/c1-40-28-29-49-36-51(58-64-60-53(46-24-14-6-15-25-46)38-52(39-66(60)65-58)44-22-12-5-13-23-44)37-54(55(49)67-41(2)35-50(34-40)43-20-10-4-11-21-43)59-62-56(47-26-16-7-17-27-47)61-57(63-59)48-32-30-45(31-33-48)42-18-8-3-9-19-42/h3-5,7-14,16-27,30-33,35-40H,2,6,15,28-29,34H2,1H3/b50-35+/t40-/m1/s1. The highest BCUT2D eigenvalue weighted by atomic mass is 16.5. The average Bonchev–Trinajstić information content (AvgIpc) is 3.83. The summed E-state index contributed by atoms with van der Waals surface area (Å²) >= 11 is 0. The number of fused-ring (bicyclic) bond motifs is 2. The van der Waals surface area contributed by atoms with Gasteiger partial charge >= 0.3 is 0 Å². The number of benzene rings is 6. The third kappa shape index (κ3) is 8.79. The zero-order valence-corrected chi connectivity index (χ0v) is 37.4. The lowest BCUT2D eigenvalue weighted by Gasteiger charge is -2.22. The monoisotopic (exact) mass is 868 g/mol. The van der Waals surface area contributed by atoms with Gasteiger partial charge < -0.3 is 4.74 Å². The van der Waals surface area contributed by atoms with Crippen molar-refractivity contribution in [3.05, 3.63) is 223 Å². The van der Waals surface area contributed by atoms with Gasteiger partial charge in [0.05, 0.1) is 5.56 Å². The first-order chi connectivity index (χ1) is 33.0. The Bertz CT molecular complexity index is 3350. The molecular weight excluding hydrogens is 821 g/mol. The fourth-order valence-corrected chi connectivity index (χ4v) is 9.14. The first-order valence-electron chi connectivity index (χ1n) is 23.1. The molecule has 0 bridgehead atoms. The lowest BCUT2D eigenvalue weighted by Crippen LogP contribution is -2.08. The molecule has 7 heteroatoms. The van der Waals surface area contributed by atoms with Crippen molar-refractivity contribution in [1.82, 2.24) is 29.5 Å². The van der Waals surface area contributed by atoms with Gasteiger partial charge in [-0.3, -0.25) is 0 Å². The fraction of sp³-hybridized carbons (Fsp3) is 0.117. The minimum absolute atomic E-state index is 0.369. The first-order valence-corrected chi connectivity index (χ1v) is 23.1. The summed E-state index contributed by atoms with van der Waals surface area (Å²) in [5.41, 5.74) is 14.1. The number of pyridine rings is 1. The van der Waals surface area contributed by atoms with E-state index in [2.05, 4.69) is 165 Å². The lowest BCUT2D eigenvalue weighted by atomic mass is 9.89. The number of nitrogens with zero attached hydrogens (tertiary/aromatic N) is 6. The molecule has 9 aromatic rings. The highest BCUT2D eigenvalue weighted by Gasteiger charge is 2.25. The lowest BCUT2D eigenvalue weighted by molar-refractivity contribution is 0.435. The van der Waals surface area contributed by atoms with Crippen LogP contribution in [-0.2, 0) is 6.42 Å². The van der Waals surface area contributed by atoms with E-state index in [1.54, 1.807) is 0 Å². The third-order valence-corrected chi connectivity index (χ3v) is 12.6. The number of aromatic nitrogens is 6. The highest BCUT2D eigenvalue weighted by molar-refractivity contribution is 5.86. The number of rotatable bonds is 8. The number of hydrogen-bond acceptors (Lipinski definition) is 6. The Kier molecular flexibility index (Phi) is 11.3. The van der Waals surface area contributed by atoms with Crippen LogP contribution in [0.1, 0.15) is 49.3 Å². The highest BCUT2D eigenvalue weighted by Crippen LogP contribution is 2.41. The van der Waals surface area contributed by atoms with E-state index in [1.165, 1.54) is 5.57 Å². The van der Waals surface area contributed by atoms with Crippen molar-refractivity contribution in [1.29, 1.82) is 0 Å². The molecule has 0 radical (unpaired) electrons. The Morgan fingerprint density at radius 1 is 0.552 bits per heavy atom. The molecule has 2 aliphatic rings. The summed E-state index contributed by atoms with van der Waals surface area (Å²) in [5.74, 6) is 3.76. The van der Waals surface area contributed by atoms with Crippen LogP contribution in [0, 0.1) is 5.92 Å². The van der Waals surface area contributed by atoms with Crippen LogP contribution >= 0.6 is 0 Å². The van der Waals surface area contributed by atoms with Gasteiger partial charge in [-0.25, -0.2) is 24.5 Å². The van der Waals surface area contributed by atoms with Gasteiger partial charge in [0.15, 0.2) is 28.9 Å². The summed E-state index contributed by atoms with van der Waals surface area (Å²) in [4.78, 5) is 21.0. The van der Waals surface area contributed by atoms with Gasteiger partial charge in [0, 0.05) is 34.0 Å². The molecule has 324 valence electrons. The second-order valence-electron chi connectivity index (χ2n) is 17.4. The van der Waals surface area contributed by atoms with Gasteiger partial charge in [0.25, 0.3) is 0 Å². The molecule has 11 rings (SSSR count). The van der Waals surface area contributed by atoms with Crippen molar-refractivity contribution >= 4 is 16.8 Å². The summed E-state index contributed by atoms with van der Waals surface area (Å²) in [7, 11) is 0. The maximum Gasteiger partial charge on any atom is 0.182 e. The number of hydrogen-bond donors (Lipinski definition) is 0. The molecule has 1 aliphatic heterocycles.